The largest absolute Gasteiger partial charge is 0.451 e. The number of para-hydroxylation sites is 1. The van der Waals surface area contributed by atoms with Gasteiger partial charge < -0.3 is 9.15 Å². The van der Waals surface area contributed by atoms with E-state index in [1.54, 1.807) is 22.1 Å². The van der Waals surface area contributed by atoms with E-state index in [-0.39, 0.29) is 12.5 Å². The number of ether oxygens (including phenoxy) is 1. The molecule has 3 aromatic heterocycles. The van der Waals surface area contributed by atoms with Gasteiger partial charge in [-0.3, -0.25) is 0 Å². The van der Waals surface area contributed by atoms with Crippen LogP contribution in [0.15, 0.2) is 58.3 Å². The molecule has 0 unspecified atom stereocenters. The van der Waals surface area contributed by atoms with Gasteiger partial charge in [0.15, 0.2) is 12.3 Å². The fourth-order valence-electron chi connectivity index (χ4n) is 2.53. The Morgan fingerprint density at radius 1 is 1.15 bits per heavy atom. The lowest BCUT2D eigenvalue weighted by Gasteiger charge is -2.06. The van der Waals surface area contributed by atoms with Gasteiger partial charge in [0.1, 0.15) is 5.69 Å². The number of rotatable bonds is 6. The summed E-state index contributed by atoms with van der Waals surface area (Å²) in [6, 6.07) is 15.1. The molecular formula is C19H16N4O3S. The first-order valence-electron chi connectivity index (χ1n) is 8.42. The molecule has 136 valence electrons. The van der Waals surface area contributed by atoms with Gasteiger partial charge in [0.2, 0.25) is 5.89 Å². The van der Waals surface area contributed by atoms with Gasteiger partial charge in [-0.25, -0.2) is 9.48 Å². The SMILES string of the molecule is CCc1nnc(COC(=O)c2cc(-c3cccs3)nn2-c2ccccc2)o1. The number of hydrogen-bond acceptors (Lipinski definition) is 7. The smallest absolute Gasteiger partial charge is 0.357 e. The predicted molar refractivity (Wildman–Crippen MR) is 99.7 cm³/mol. The molecule has 0 N–H and O–H groups in total. The van der Waals surface area contributed by atoms with Gasteiger partial charge in [-0.05, 0) is 23.6 Å². The van der Waals surface area contributed by atoms with E-state index >= 15 is 0 Å². The monoisotopic (exact) mass is 380 g/mol. The summed E-state index contributed by atoms with van der Waals surface area (Å²) in [7, 11) is 0. The van der Waals surface area contributed by atoms with Crippen LogP contribution in [0.25, 0.3) is 16.3 Å². The second-order valence-corrected chi connectivity index (χ2v) is 6.61. The Balaban J connectivity index is 1.62. The van der Waals surface area contributed by atoms with Gasteiger partial charge in [0.05, 0.1) is 10.6 Å². The van der Waals surface area contributed by atoms with Crippen LogP contribution in [0.2, 0.25) is 0 Å². The summed E-state index contributed by atoms with van der Waals surface area (Å²) in [5.41, 5.74) is 1.82. The van der Waals surface area contributed by atoms with Crippen molar-refractivity contribution in [2.45, 2.75) is 20.0 Å². The second-order valence-electron chi connectivity index (χ2n) is 5.66. The van der Waals surface area contributed by atoms with E-state index < -0.39 is 5.97 Å². The summed E-state index contributed by atoms with van der Waals surface area (Å²) in [5, 5.41) is 14.3. The average Bonchev–Trinajstić information content (AvgIpc) is 3.46. The van der Waals surface area contributed by atoms with Gasteiger partial charge in [-0.1, -0.05) is 31.2 Å². The van der Waals surface area contributed by atoms with Crippen molar-refractivity contribution in [1.29, 1.82) is 0 Å². The standard InChI is InChI=1S/C19H16N4O3S/c1-2-17-20-21-18(26-17)12-25-19(24)15-11-14(16-9-6-10-27-16)22-23(15)13-7-4-3-5-8-13/h3-11H,2,12H2,1H3. The zero-order chi connectivity index (χ0) is 18.6. The fraction of sp³-hybridized carbons (Fsp3) is 0.158. The number of nitrogens with zero attached hydrogens (tertiary/aromatic N) is 4. The Kier molecular flexibility index (Phi) is 4.80. The van der Waals surface area contributed by atoms with Gasteiger partial charge in [0, 0.05) is 12.5 Å². The third-order valence-electron chi connectivity index (χ3n) is 3.83. The van der Waals surface area contributed by atoms with Crippen molar-refractivity contribution < 1.29 is 13.9 Å². The van der Waals surface area contributed by atoms with Crippen LogP contribution in [-0.2, 0) is 17.8 Å². The zero-order valence-corrected chi connectivity index (χ0v) is 15.3. The molecule has 0 aliphatic heterocycles. The Hall–Kier alpha value is -3.26. The maximum absolute atomic E-state index is 12.7. The van der Waals surface area contributed by atoms with Crippen LogP contribution in [0, 0.1) is 0 Å². The van der Waals surface area contributed by atoms with E-state index in [4.69, 9.17) is 9.15 Å². The number of hydrogen-bond donors (Lipinski definition) is 0. The number of thiophene rings is 1. The first-order chi connectivity index (χ1) is 13.2. The number of aromatic nitrogens is 4. The van der Waals surface area contributed by atoms with Crippen LogP contribution < -0.4 is 0 Å². The Morgan fingerprint density at radius 3 is 2.67 bits per heavy atom. The minimum Gasteiger partial charge on any atom is -0.451 e. The predicted octanol–water partition coefficient (Wildman–Crippen LogP) is 3.90. The van der Waals surface area contributed by atoms with Crippen molar-refractivity contribution in [2.24, 2.45) is 0 Å². The molecule has 0 amide bonds. The van der Waals surface area contributed by atoms with Crippen molar-refractivity contribution in [2.75, 3.05) is 0 Å². The summed E-state index contributed by atoms with van der Waals surface area (Å²) in [5.74, 6) is 0.269. The number of aryl methyl sites for hydroxylation is 1. The fourth-order valence-corrected chi connectivity index (χ4v) is 3.21. The molecule has 3 heterocycles. The summed E-state index contributed by atoms with van der Waals surface area (Å²) in [6.45, 7) is 1.83. The first kappa shape index (κ1) is 17.2. The minimum atomic E-state index is -0.509. The quantitative estimate of drug-likeness (QED) is 0.472. The number of esters is 1. The number of carbonyl (C=O) groups excluding carboxylic acids is 1. The lowest BCUT2D eigenvalue weighted by molar-refractivity contribution is 0.0426. The Bertz CT molecular complexity index is 1040. The van der Waals surface area contributed by atoms with E-state index in [1.165, 1.54) is 0 Å². The van der Waals surface area contributed by atoms with Gasteiger partial charge in [0.25, 0.3) is 5.89 Å². The average molecular weight is 380 g/mol. The van der Waals surface area contributed by atoms with Gasteiger partial charge in [-0.15, -0.1) is 21.5 Å². The van der Waals surface area contributed by atoms with Gasteiger partial charge >= 0.3 is 5.97 Å². The highest BCUT2D eigenvalue weighted by Crippen LogP contribution is 2.26. The van der Waals surface area contributed by atoms with Crippen LogP contribution in [0.4, 0.5) is 0 Å². The molecule has 27 heavy (non-hydrogen) atoms. The van der Waals surface area contributed by atoms with Crippen LogP contribution >= 0.6 is 11.3 Å². The van der Waals surface area contributed by atoms with Crippen LogP contribution in [0.1, 0.15) is 29.2 Å². The molecule has 0 fully saturated rings. The van der Waals surface area contributed by atoms with Gasteiger partial charge in [-0.2, -0.15) is 5.10 Å². The molecule has 0 aliphatic rings. The van der Waals surface area contributed by atoms with Crippen molar-refractivity contribution in [3.05, 3.63) is 71.4 Å². The van der Waals surface area contributed by atoms with Crippen molar-refractivity contribution in [3.8, 4) is 16.3 Å². The van der Waals surface area contributed by atoms with E-state index in [0.29, 0.717) is 23.7 Å². The third-order valence-corrected chi connectivity index (χ3v) is 4.72. The molecular weight excluding hydrogens is 364 g/mol. The van der Waals surface area contributed by atoms with Crippen LogP contribution in [0.5, 0.6) is 0 Å². The van der Waals surface area contributed by atoms with E-state index in [1.807, 2.05) is 54.8 Å². The summed E-state index contributed by atoms with van der Waals surface area (Å²) < 4.78 is 12.3. The third kappa shape index (κ3) is 3.65. The topological polar surface area (TPSA) is 83.0 Å². The molecule has 8 heteroatoms. The van der Waals surface area contributed by atoms with Crippen LogP contribution in [-0.4, -0.2) is 25.9 Å². The number of carbonyl (C=O) groups is 1. The molecule has 4 rings (SSSR count). The van der Waals surface area contributed by atoms with Crippen molar-refractivity contribution in [3.63, 3.8) is 0 Å². The molecule has 0 radical (unpaired) electrons. The minimum absolute atomic E-state index is 0.0832. The first-order valence-corrected chi connectivity index (χ1v) is 9.30. The highest BCUT2D eigenvalue weighted by Gasteiger charge is 2.20. The van der Waals surface area contributed by atoms with E-state index in [9.17, 15) is 4.79 Å². The molecule has 1 aromatic carbocycles. The second kappa shape index (κ2) is 7.55. The lowest BCUT2D eigenvalue weighted by Crippen LogP contribution is -2.12. The lowest BCUT2D eigenvalue weighted by atomic mass is 10.3. The summed E-state index contributed by atoms with van der Waals surface area (Å²) in [6.07, 6.45) is 0.631. The molecule has 0 aliphatic carbocycles. The maximum atomic E-state index is 12.7. The number of benzene rings is 1. The molecule has 0 atom stereocenters. The summed E-state index contributed by atoms with van der Waals surface area (Å²) in [4.78, 5) is 13.7. The Morgan fingerprint density at radius 2 is 1.96 bits per heavy atom. The molecule has 4 aromatic rings. The molecule has 7 nitrogen and oxygen atoms in total. The maximum Gasteiger partial charge on any atom is 0.357 e. The Labute approximate surface area is 159 Å². The molecule has 0 bridgehead atoms. The van der Waals surface area contributed by atoms with Crippen molar-refractivity contribution >= 4 is 17.3 Å². The highest BCUT2D eigenvalue weighted by molar-refractivity contribution is 7.13. The van der Waals surface area contributed by atoms with E-state index in [2.05, 4.69) is 15.3 Å². The summed E-state index contributed by atoms with van der Waals surface area (Å²) >= 11 is 1.56. The molecule has 0 saturated carbocycles. The normalized spacial score (nSPS) is 10.9. The van der Waals surface area contributed by atoms with E-state index in [0.717, 1.165) is 10.6 Å². The molecule has 0 spiro atoms. The van der Waals surface area contributed by atoms with Crippen molar-refractivity contribution in [1.82, 2.24) is 20.0 Å². The highest BCUT2D eigenvalue weighted by atomic mass is 32.1. The zero-order valence-electron chi connectivity index (χ0n) is 14.5. The molecule has 0 saturated heterocycles. The van der Waals surface area contributed by atoms with Crippen LogP contribution in [0.3, 0.4) is 0 Å².